The lowest BCUT2D eigenvalue weighted by atomic mass is 10.1. The quantitative estimate of drug-likeness (QED) is 0.565. The highest BCUT2D eigenvalue weighted by Gasteiger charge is 2.26. The molecule has 0 saturated carbocycles. The number of nitrogens with one attached hydrogen (secondary N) is 3. The fourth-order valence-electron chi connectivity index (χ4n) is 2.50. The lowest BCUT2D eigenvalue weighted by Crippen LogP contribution is -2.42. The second-order valence-corrected chi connectivity index (χ2v) is 5.96. The zero-order valence-electron chi connectivity index (χ0n) is 16.6. The van der Waals surface area contributed by atoms with Gasteiger partial charge in [-0.2, -0.15) is 0 Å². The summed E-state index contributed by atoms with van der Waals surface area (Å²) in [6.07, 6.45) is -1.36. The molecule has 9 heteroatoms. The van der Waals surface area contributed by atoms with E-state index in [2.05, 4.69) is 16.0 Å². The van der Waals surface area contributed by atoms with E-state index in [1.807, 2.05) is 0 Å². The van der Waals surface area contributed by atoms with Gasteiger partial charge in [-0.1, -0.05) is 42.5 Å². The van der Waals surface area contributed by atoms with Crippen molar-refractivity contribution >= 4 is 23.8 Å². The fourth-order valence-corrected chi connectivity index (χ4v) is 2.50. The molecule has 0 radical (unpaired) electrons. The number of urea groups is 1. The van der Waals surface area contributed by atoms with Gasteiger partial charge in [-0.15, -0.1) is 0 Å². The Labute approximate surface area is 173 Å². The number of carbonyl (C=O) groups is 4. The van der Waals surface area contributed by atoms with Crippen LogP contribution >= 0.6 is 0 Å². The predicted octanol–water partition coefficient (Wildman–Crippen LogP) is 1.56. The van der Waals surface area contributed by atoms with E-state index < -0.39 is 36.5 Å². The van der Waals surface area contributed by atoms with E-state index >= 15 is 0 Å². The molecule has 4 amide bonds. The number of ether oxygens (including phenoxy) is 2. The Bertz CT molecular complexity index is 901. The first-order valence-electron chi connectivity index (χ1n) is 9.23. The van der Waals surface area contributed by atoms with E-state index in [1.54, 1.807) is 61.5 Å². The van der Waals surface area contributed by atoms with Crippen LogP contribution in [0.5, 0.6) is 5.75 Å². The number of hydrogen-bond acceptors (Lipinski definition) is 6. The number of esters is 1. The van der Waals surface area contributed by atoms with Crippen LogP contribution in [0.1, 0.15) is 28.9 Å². The van der Waals surface area contributed by atoms with Crippen molar-refractivity contribution in [2.75, 3.05) is 20.2 Å². The molecule has 2 aromatic rings. The second-order valence-electron chi connectivity index (χ2n) is 5.96. The number of rotatable bonds is 8. The highest BCUT2D eigenvalue weighted by atomic mass is 16.5. The Hall–Kier alpha value is -3.88. The van der Waals surface area contributed by atoms with Crippen molar-refractivity contribution in [1.29, 1.82) is 0 Å². The van der Waals surface area contributed by atoms with E-state index in [0.717, 1.165) is 0 Å². The molecule has 3 N–H and O–H groups in total. The maximum absolute atomic E-state index is 12.4. The number of para-hydroxylation sites is 1. The number of amides is 4. The minimum atomic E-state index is -1.36. The van der Waals surface area contributed by atoms with Crippen LogP contribution in [-0.2, 0) is 14.3 Å². The van der Waals surface area contributed by atoms with E-state index in [-0.39, 0.29) is 5.56 Å². The average molecular weight is 413 g/mol. The van der Waals surface area contributed by atoms with E-state index in [1.165, 1.54) is 7.05 Å². The molecule has 0 spiro atoms. The molecule has 30 heavy (non-hydrogen) atoms. The lowest BCUT2D eigenvalue weighted by Gasteiger charge is -2.18. The number of carbonyl (C=O) groups excluding carboxylic acids is 4. The highest BCUT2D eigenvalue weighted by molar-refractivity contribution is 5.99. The SMILES string of the molecule is CCOc1ccccc1C(=O)NCC(=O)O[C@H](C(=O)NC(=O)NC)c1ccccc1. The topological polar surface area (TPSA) is 123 Å². The Morgan fingerprint density at radius 1 is 0.967 bits per heavy atom. The van der Waals surface area contributed by atoms with Crippen LogP contribution in [0.15, 0.2) is 54.6 Å². The number of benzene rings is 2. The molecule has 2 rings (SSSR count). The second kappa shape index (κ2) is 11.2. The van der Waals surface area contributed by atoms with Gasteiger partial charge in [0.25, 0.3) is 11.8 Å². The van der Waals surface area contributed by atoms with Crippen LogP contribution in [0.25, 0.3) is 0 Å². The van der Waals surface area contributed by atoms with Crippen LogP contribution in [0.4, 0.5) is 4.79 Å². The molecular weight excluding hydrogens is 390 g/mol. The Kier molecular flexibility index (Phi) is 8.37. The van der Waals surface area contributed by atoms with Gasteiger partial charge in [0, 0.05) is 12.6 Å². The van der Waals surface area contributed by atoms with Crippen molar-refractivity contribution in [3.8, 4) is 5.75 Å². The van der Waals surface area contributed by atoms with E-state index in [4.69, 9.17) is 9.47 Å². The predicted molar refractivity (Wildman–Crippen MR) is 108 cm³/mol. The van der Waals surface area contributed by atoms with Gasteiger partial charge in [0.15, 0.2) is 0 Å². The minimum Gasteiger partial charge on any atom is -0.493 e. The average Bonchev–Trinajstić information content (AvgIpc) is 2.76. The summed E-state index contributed by atoms with van der Waals surface area (Å²) in [5.74, 6) is -1.81. The lowest BCUT2D eigenvalue weighted by molar-refractivity contribution is -0.155. The van der Waals surface area contributed by atoms with Gasteiger partial charge in [-0.05, 0) is 19.1 Å². The first kappa shape index (κ1) is 22.4. The molecular formula is C21H23N3O6. The maximum atomic E-state index is 12.4. The first-order chi connectivity index (χ1) is 14.5. The number of hydrogen-bond donors (Lipinski definition) is 3. The third-order valence-electron chi connectivity index (χ3n) is 3.88. The van der Waals surface area contributed by atoms with Crippen LogP contribution in [0.3, 0.4) is 0 Å². The third kappa shape index (κ3) is 6.33. The van der Waals surface area contributed by atoms with Crippen LogP contribution in [0, 0.1) is 0 Å². The molecule has 1 atom stereocenters. The molecule has 0 aliphatic rings. The Morgan fingerprint density at radius 3 is 2.30 bits per heavy atom. The zero-order valence-corrected chi connectivity index (χ0v) is 16.6. The van der Waals surface area contributed by atoms with Crippen molar-refractivity contribution in [3.63, 3.8) is 0 Å². The molecule has 0 unspecified atom stereocenters. The first-order valence-corrected chi connectivity index (χ1v) is 9.23. The van der Waals surface area contributed by atoms with Crippen LogP contribution in [0.2, 0.25) is 0 Å². The summed E-state index contributed by atoms with van der Waals surface area (Å²) in [5.41, 5.74) is 0.643. The summed E-state index contributed by atoms with van der Waals surface area (Å²) < 4.78 is 10.6. The molecule has 0 heterocycles. The zero-order chi connectivity index (χ0) is 21.9. The van der Waals surface area contributed by atoms with Crippen molar-refractivity contribution < 1.29 is 28.7 Å². The summed E-state index contributed by atoms with van der Waals surface area (Å²) in [4.78, 5) is 48.5. The molecule has 2 aromatic carbocycles. The Morgan fingerprint density at radius 2 is 1.63 bits per heavy atom. The maximum Gasteiger partial charge on any atom is 0.326 e. The summed E-state index contributed by atoms with van der Waals surface area (Å²) in [6.45, 7) is 1.70. The molecule has 0 saturated heterocycles. The van der Waals surface area contributed by atoms with Crippen molar-refractivity contribution in [2.45, 2.75) is 13.0 Å². The normalized spacial score (nSPS) is 11.0. The molecule has 0 aliphatic carbocycles. The molecule has 0 aliphatic heterocycles. The summed E-state index contributed by atoms with van der Waals surface area (Å²) in [7, 11) is 1.35. The van der Waals surface area contributed by atoms with Crippen molar-refractivity contribution in [1.82, 2.24) is 16.0 Å². The van der Waals surface area contributed by atoms with Gasteiger partial charge >= 0.3 is 12.0 Å². The molecule has 0 bridgehead atoms. The van der Waals surface area contributed by atoms with Crippen LogP contribution in [-0.4, -0.2) is 44.0 Å². The van der Waals surface area contributed by atoms with E-state index in [9.17, 15) is 19.2 Å². The van der Waals surface area contributed by atoms with Gasteiger partial charge < -0.3 is 20.1 Å². The van der Waals surface area contributed by atoms with E-state index in [0.29, 0.717) is 17.9 Å². The standard InChI is InChI=1S/C21H23N3O6/c1-3-29-16-12-8-7-11-15(16)19(26)23-13-17(25)30-18(14-9-5-4-6-10-14)20(27)24-21(28)22-2/h4-12,18H,3,13H2,1-2H3,(H,23,26)(H2,22,24,27,28)/t18-/m0/s1. The van der Waals surface area contributed by atoms with Crippen molar-refractivity contribution in [3.05, 3.63) is 65.7 Å². The minimum absolute atomic E-state index is 0.268. The molecule has 158 valence electrons. The van der Waals surface area contributed by atoms with Gasteiger partial charge in [0.2, 0.25) is 6.10 Å². The number of imide groups is 1. The van der Waals surface area contributed by atoms with Gasteiger partial charge in [-0.3, -0.25) is 19.7 Å². The summed E-state index contributed by atoms with van der Waals surface area (Å²) >= 11 is 0. The van der Waals surface area contributed by atoms with Gasteiger partial charge in [-0.25, -0.2) is 4.79 Å². The molecule has 0 fully saturated rings. The van der Waals surface area contributed by atoms with Crippen molar-refractivity contribution in [2.24, 2.45) is 0 Å². The summed E-state index contributed by atoms with van der Waals surface area (Å²) in [6, 6.07) is 14.1. The summed E-state index contributed by atoms with van der Waals surface area (Å²) in [5, 5.41) is 6.77. The largest absolute Gasteiger partial charge is 0.493 e. The smallest absolute Gasteiger partial charge is 0.326 e. The van der Waals surface area contributed by atoms with Gasteiger partial charge in [0.1, 0.15) is 12.3 Å². The molecule has 0 aromatic heterocycles. The monoisotopic (exact) mass is 413 g/mol. The van der Waals surface area contributed by atoms with Gasteiger partial charge in [0.05, 0.1) is 12.2 Å². The Balaban J connectivity index is 2.04. The highest BCUT2D eigenvalue weighted by Crippen LogP contribution is 2.19. The third-order valence-corrected chi connectivity index (χ3v) is 3.88. The molecule has 9 nitrogen and oxygen atoms in total. The van der Waals surface area contributed by atoms with Crippen LogP contribution < -0.4 is 20.7 Å². The fraction of sp³-hybridized carbons (Fsp3) is 0.238.